The first-order chi connectivity index (χ1) is 28.4. The van der Waals surface area contributed by atoms with Crippen molar-refractivity contribution in [3.63, 3.8) is 0 Å². The Kier molecular flexibility index (Phi) is 20.1. The van der Waals surface area contributed by atoms with Gasteiger partial charge in [-0.2, -0.15) is 0 Å². The Morgan fingerprint density at radius 1 is 0.850 bits per heavy atom. The number of ether oxygens (including phenoxy) is 3. The lowest BCUT2D eigenvalue weighted by Gasteiger charge is -2.34. The first kappa shape index (κ1) is 49.5. The van der Waals surface area contributed by atoms with E-state index in [1.165, 1.54) is 23.8 Å². The maximum absolute atomic E-state index is 14.5. The van der Waals surface area contributed by atoms with Gasteiger partial charge in [0.1, 0.15) is 23.7 Å². The van der Waals surface area contributed by atoms with Crippen molar-refractivity contribution >= 4 is 41.3 Å². The largest absolute Gasteiger partial charge is 0.444 e. The molecule has 0 unspecified atom stereocenters. The molecule has 0 radical (unpaired) electrons. The van der Waals surface area contributed by atoms with Crippen molar-refractivity contribution in [1.82, 2.24) is 30.7 Å². The van der Waals surface area contributed by atoms with E-state index >= 15 is 0 Å². The molecule has 0 bridgehead atoms. The third kappa shape index (κ3) is 16.7. The molecular formula is C44H66N6O10. The maximum Gasteiger partial charge on any atom is 0.308 e. The number of terminal acetylenes is 1. The van der Waals surface area contributed by atoms with Crippen LogP contribution in [0.3, 0.4) is 0 Å². The van der Waals surface area contributed by atoms with Crippen LogP contribution in [0.2, 0.25) is 0 Å². The van der Waals surface area contributed by atoms with Gasteiger partial charge in [-0.1, -0.05) is 63.9 Å². The van der Waals surface area contributed by atoms with Crippen molar-refractivity contribution in [2.45, 2.75) is 116 Å². The summed E-state index contributed by atoms with van der Waals surface area (Å²) < 4.78 is 16.4. The van der Waals surface area contributed by atoms with Crippen molar-refractivity contribution in [1.29, 1.82) is 0 Å². The quantitative estimate of drug-likeness (QED) is 0.0563. The number of nitrogens with zero attached hydrogens (tertiary/aromatic N) is 3. The number of epoxide rings is 1. The van der Waals surface area contributed by atoms with Crippen molar-refractivity contribution in [3.8, 4) is 12.3 Å². The number of hydrogen-bond acceptors (Lipinski definition) is 11. The fourth-order valence-corrected chi connectivity index (χ4v) is 6.63. The number of amides is 5. The average Bonchev–Trinajstić information content (AvgIpc) is 3.97. The number of carbonyl (C=O) groups is 7. The first-order valence-corrected chi connectivity index (χ1v) is 21.0. The summed E-state index contributed by atoms with van der Waals surface area (Å²) in [7, 11) is 1.52. The van der Waals surface area contributed by atoms with Crippen molar-refractivity contribution in [3.05, 3.63) is 35.9 Å². The molecular weight excluding hydrogens is 773 g/mol. The van der Waals surface area contributed by atoms with Gasteiger partial charge in [0.2, 0.25) is 29.5 Å². The van der Waals surface area contributed by atoms with E-state index in [1.54, 1.807) is 6.92 Å². The number of morpholine rings is 1. The predicted molar refractivity (Wildman–Crippen MR) is 224 cm³/mol. The van der Waals surface area contributed by atoms with Gasteiger partial charge < -0.3 is 35.1 Å². The van der Waals surface area contributed by atoms with Gasteiger partial charge in [-0.3, -0.25) is 43.4 Å². The highest BCUT2D eigenvalue weighted by atomic mass is 16.6. The number of ketones is 1. The molecule has 332 valence electrons. The third-order valence-corrected chi connectivity index (χ3v) is 10.5. The molecule has 1 aromatic carbocycles. The molecule has 0 spiro atoms. The van der Waals surface area contributed by atoms with Crippen LogP contribution in [0, 0.1) is 24.2 Å². The van der Waals surface area contributed by atoms with E-state index in [0.717, 1.165) is 5.56 Å². The summed E-state index contributed by atoms with van der Waals surface area (Å²) in [6.07, 6.45) is 6.64. The van der Waals surface area contributed by atoms with Gasteiger partial charge in [-0.05, 0) is 63.4 Å². The number of esters is 1. The summed E-state index contributed by atoms with van der Waals surface area (Å²) in [6.45, 7) is 12.5. The van der Waals surface area contributed by atoms with Crippen LogP contribution in [0.4, 0.5) is 0 Å². The van der Waals surface area contributed by atoms with Crippen molar-refractivity contribution < 1.29 is 47.8 Å². The first-order valence-electron chi connectivity index (χ1n) is 21.0. The molecule has 60 heavy (non-hydrogen) atoms. The van der Waals surface area contributed by atoms with Crippen LogP contribution < -0.4 is 16.0 Å². The van der Waals surface area contributed by atoms with E-state index in [0.29, 0.717) is 51.5 Å². The smallest absolute Gasteiger partial charge is 0.308 e. The monoisotopic (exact) mass is 838 g/mol. The van der Waals surface area contributed by atoms with Crippen LogP contribution in [0.15, 0.2) is 30.3 Å². The summed E-state index contributed by atoms with van der Waals surface area (Å²) in [5, 5.41) is 8.38. The zero-order chi connectivity index (χ0) is 44.4. The fourth-order valence-electron chi connectivity index (χ4n) is 6.63. The standard InChI is InChI=1S/C44H66N6O10/c1-9-21-48(8)37(51)19-20-39(53)59-29-50(38(52)27-49-22-24-58-25-23-49)36(18-16-33-13-11-10-12-14-33)43(57)47-35(26-31(4)5)42(56)45-32(6)41(55)46-34(17-15-30(2)3)40(54)44(7)28-60-44/h1,10-14,30-32,34-36H,15-29H2,2-8H3,(H,45,56)(H,46,55)(H,47,57)/t32-,34-,35-,36-,44+/m0/s1. The molecule has 2 saturated heterocycles. The Bertz CT molecular complexity index is 1650. The zero-order valence-corrected chi connectivity index (χ0v) is 36.5. The van der Waals surface area contributed by atoms with Crippen molar-refractivity contribution in [2.24, 2.45) is 11.8 Å². The molecule has 2 fully saturated rings. The van der Waals surface area contributed by atoms with Crippen LogP contribution in [0.1, 0.15) is 85.6 Å². The lowest BCUT2D eigenvalue weighted by Crippen LogP contribution is -2.59. The Morgan fingerprint density at radius 3 is 2.10 bits per heavy atom. The molecule has 3 N–H and O–H groups in total. The van der Waals surface area contributed by atoms with Gasteiger partial charge in [-0.15, -0.1) is 6.42 Å². The Balaban J connectivity index is 1.85. The molecule has 0 aliphatic carbocycles. The normalized spacial score (nSPS) is 18.3. The second-order valence-electron chi connectivity index (χ2n) is 16.7. The highest BCUT2D eigenvalue weighted by Gasteiger charge is 2.50. The van der Waals surface area contributed by atoms with Crippen molar-refractivity contribution in [2.75, 3.05) is 59.8 Å². The molecule has 0 aromatic heterocycles. The van der Waals surface area contributed by atoms with Crippen LogP contribution in [-0.4, -0.2) is 146 Å². The van der Waals surface area contributed by atoms with Gasteiger partial charge in [0, 0.05) is 26.6 Å². The van der Waals surface area contributed by atoms with E-state index in [1.807, 2.05) is 62.9 Å². The molecule has 1 aromatic rings. The molecule has 5 amide bonds. The molecule has 3 rings (SSSR count). The summed E-state index contributed by atoms with van der Waals surface area (Å²) in [5.74, 6) is -1.05. The highest BCUT2D eigenvalue weighted by Crippen LogP contribution is 2.29. The molecule has 16 heteroatoms. The molecule has 5 atom stereocenters. The van der Waals surface area contributed by atoms with Gasteiger partial charge in [0.15, 0.2) is 12.5 Å². The lowest BCUT2D eigenvalue weighted by molar-refractivity contribution is -0.160. The minimum atomic E-state index is -1.20. The second-order valence-corrected chi connectivity index (χ2v) is 16.7. The molecule has 2 aliphatic heterocycles. The van der Waals surface area contributed by atoms with Crippen LogP contribution in [0.5, 0.6) is 0 Å². The van der Waals surface area contributed by atoms with Gasteiger partial charge in [-0.25, -0.2) is 0 Å². The number of nitrogens with one attached hydrogen (secondary N) is 3. The number of hydrogen-bond donors (Lipinski definition) is 3. The van der Waals surface area contributed by atoms with E-state index in [2.05, 4.69) is 21.9 Å². The predicted octanol–water partition coefficient (Wildman–Crippen LogP) is 1.84. The molecule has 2 heterocycles. The van der Waals surface area contributed by atoms with E-state index in [9.17, 15) is 33.6 Å². The van der Waals surface area contributed by atoms with Crippen LogP contribution in [-0.2, 0) is 54.2 Å². The molecule has 0 saturated carbocycles. The van der Waals surface area contributed by atoms with Crippen LogP contribution in [0.25, 0.3) is 0 Å². The zero-order valence-electron chi connectivity index (χ0n) is 36.5. The Labute approximate surface area is 355 Å². The van der Waals surface area contributed by atoms with E-state index in [4.69, 9.17) is 20.6 Å². The summed E-state index contributed by atoms with van der Waals surface area (Å²) in [4.78, 5) is 99.1. The number of Topliss-reactive ketones (excluding diaryl/α,β-unsaturated/α-hetero) is 1. The Morgan fingerprint density at radius 2 is 1.50 bits per heavy atom. The van der Waals surface area contributed by atoms with E-state index in [-0.39, 0.29) is 63.0 Å². The topological polar surface area (TPSA) is 196 Å². The fraction of sp³-hybridized carbons (Fsp3) is 0.659. The summed E-state index contributed by atoms with van der Waals surface area (Å²) in [6, 6.07) is 5.19. The van der Waals surface area contributed by atoms with E-state index < -0.39 is 66.1 Å². The lowest BCUT2D eigenvalue weighted by atomic mass is 9.94. The average molecular weight is 839 g/mol. The number of rotatable bonds is 25. The molecule has 16 nitrogen and oxygen atoms in total. The minimum absolute atomic E-state index is 0.0762. The Hall–Kier alpha value is -4.85. The minimum Gasteiger partial charge on any atom is -0.444 e. The number of carbonyl (C=O) groups excluding carboxylic acids is 7. The molecule has 2 aliphatic rings. The third-order valence-electron chi connectivity index (χ3n) is 10.5. The van der Waals surface area contributed by atoms with Gasteiger partial charge in [0.25, 0.3) is 0 Å². The highest BCUT2D eigenvalue weighted by molar-refractivity contribution is 5.98. The summed E-state index contributed by atoms with van der Waals surface area (Å²) >= 11 is 0. The maximum atomic E-state index is 14.5. The number of aryl methyl sites for hydroxylation is 1. The van der Waals surface area contributed by atoms with Crippen LogP contribution >= 0.6 is 0 Å². The second kappa shape index (κ2) is 24.4. The SMILES string of the molecule is C#CCN(C)C(=O)CCC(=O)OCN(C(=O)CN1CCOCC1)[C@@H](CCc1ccccc1)C(=O)N[C@@H](CC(C)C)C(=O)N[C@@H](C)C(=O)N[C@@H](CCC(C)C)C(=O)[C@@]1(C)CO1. The van der Waals surface area contributed by atoms with Gasteiger partial charge >= 0.3 is 5.97 Å². The number of benzene rings is 1. The summed E-state index contributed by atoms with van der Waals surface area (Å²) in [5.41, 5.74) is -0.0505. The van der Waals surface area contributed by atoms with Gasteiger partial charge in [0.05, 0.1) is 45.4 Å².